The molecule has 13 heavy (non-hydrogen) atoms. The molecular weight excluding hydrogens is 170 g/mol. The van der Waals surface area contributed by atoms with Gasteiger partial charge in [0, 0.05) is 5.57 Å². The first-order valence-electron chi connectivity index (χ1n) is 4.26. The van der Waals surface area contributed by atoms with Gasteiger partial charge in [0.05, 0.1) is 12.6 Å². The molecule has 0 bridgehead atoms. The summed E-state index contributed by atoms with van der Waals surface area (Å²) in [5.74, 6) is -0.258. The standard InChI is InChI=1S/C9H13NO3/c1-4-13-9(12)10-7(3)5-6(2)8(10)11/h5,7H,4H2,1-3H3. The molecule has 0 aliphatic carbocycles. The smallest absolute Gasteiger partial charge is 0.417 e. The van der Waals surface area contributed by atoms with Crippen molar-refractivity contribution in [3.8, 4) is 0 Å². The molecule has 2 amide bonds. The number of carbonyl (C=O) groups is 2. The quantitative estimate of drug-likeness (QED) is 0.616. The zero-order valence-corrected chi connectivity index (χ0v) is 8.03. The second-order valence-corrected chi connectivity index (χ2v) is 2.96. The molecular formula is C9H13NO3. The molecule has 4 nitrogen and oxygen atoms in total. The van der Waals surface area contributed by atoms with Crippen molar-refractivity contribution in [1.82, 2.24) is 4.90 Å². The van der Waals surface area contributed by atoms with Crippen LogP contribution in [0.25, 0.3) is 0 Å². The normalized spacial score (nSPS) is 21.8. The number of ether oxygens (including phenoxy) is 1. The Labute approximate surface area is 77.2 Å². The maximum Gasteiger partial charge on any atom is 0.417 e. The predicted molar refractivity (Wildman–Crippen MR) is 47.1 cm³/mol. The van der Waals surface area contributed by atoms with Crippen molar-refractivity contribution < 1.29 is 14.3 Å². The van der Waals surface area contributed by atoms with Crippen molar-refractivity contribution >= 4 is 12.0 Å². The zero-order chi connectivity index (χ0) is 10.0. The Morgan fingerprint density at radius 3 is 2.69 bits per heavy atom. The average Bonchev–Trinajstić information content (AvgIpc) is 2.27. The molecule has 0 fully saturated rings. The van der Waals surface area contributed by atoms with Crippen LogP contribution in [0, 0.1) is 0 Å². The summed E-state index contributed by atoms with van der Waals surface area (Å²) in [6.45, 7) is 5.47. The van der Waals surface area contributed by atoms with Gasteiger partial charge in [-0.25, -0.2) is 9.69 Å². The maximum atomic E-state index is 11.4. The van der Waals surface area contributed by atoms with E-state index in [0.717, 1.165) is 4.90 Å². The third-order valence-electron chi connectivity index (χ3n) is 1.92. The van der Waals surface area contributed by atoms with Crippen molar-refractivity contribution in [2.24, 2.45) is 0 Å². The van der Waals surface area contributed by atoms with E-state index < -0.39 is 6.09 Å². The third kappa shape index (κ3) is 1.71. The summed E-state index contributed by atoms with van der Waals surface area (Å²) in [5.41, 5.74) is 0.598. The molecule has 0 aromatic heterocycles. The van der Waals surface area contributed by atoms with Gasteiger partial charge < -0.3 is 4.74 Å². The van der Waals surface area contributed by atoms with Crippen molar-refractivity contribution in [3.05, 3.63) is 11.6 Å². The first-order valence-corrected chi connectivity index (χ1v) is 4.26. The summed E-state index contributed by atoms with van der Waals surface area (Å²) in [7, 11) is 0. The molecule has 1 aliphatic rings. The molecule has 0 radical (unpaired) electrons. The Bertz CT molecular complexity index is 270. The Kier molecular flexibility index (Phi) is 2.70. The minimum atomic E-state index is -0.562. The van der Waals surface area contributed by atoms with Gasteiger partial charge in [0.15, 0.2) is 0 Å². The Hall–Kier alpha value is -1.32. The van der Waals surface area contributed by atoms with Crippen LogP contribution in [-0.2, 0) is 9.53 Å². The molecule has 4 heteroatoms. The van der Waals surface area contributed by atoms with Gasteiger partial charge >= 0.3 is 6.09 Å². The highest BCUT2D eigenvalue weighted by molar-refractivity contribution is 6.04. The van der Waals surface area contributed by atoms with Gasteiger partial charge in [0.25, 0.3) is 5.91 Å². The molecule has 1 aliphatic heterocycles. The lowest BCUT2D eigenvalue weighted by atomic mass is 10.3. The van der Waals surface area contributed by atoms with Crippen LogP contribution in [0.15, 0.2) is 11.6 Å². The van der Waals surface area contributed by atoms with Crippen LogP contribution in [0.4, 0.5) is 4.79 Å². The van der Waals surface area contributed by atoms with E-state index in [1.165, 1.54) is 0 Å². The summed E-state index contributed by atoms with van der Waals surface area (Å²) < 4.78 is 4.75. The van der Waals surface area contributed by atoms with Gasteiger partial charge in [-0.2, -0.15) is 0 Å². The minimum Gasteiger partial charge on any atom is -0.449 e. The van der Waals surface area contributed by atoms with Gasteiger partial charge in [-0.05, 0) is 20.8 Å². The summed E-state index contributed by atoms with van der Waals surface area (Å²) in [5, 5.41) is 0. The van der Waals surface area contributed by atoms with Crippen LogP contribution >= 0.6 is 0 Å². The van der Waals surface area contributed by atoms with Crippen molar-refractivity contribution in [2.45, 2.75) is 26.8 Å². The molecule has 1 unspecified atom stereocenters. The number of rotatable bonds is 1. The molecule has 1 rings (SSSR count). The summed E-state index contributed by atoms with van der Waals surface area (Å²) >= 11 is 0. The maximum absolute atomic E-state index is 11.4. The second-order valence-electron chi connectivity index (χ2n) is 2.96. The van der Waals surface area contributed by atoms with E-state index in [1.807, 2.05) is 0 Å². The van der Waals surface area contributed by atoms with Gasteiger partial charge in [0.2, 0.25) is 0 Å². The van der Waals surface area contributed by atoms with E-state index in [1.54, 1.807) is 26.8 Å². The molecule has 0 N–H and O–H groups in total. The largest absolute Gasteiger partial charge is 0.449 e. The Morgan fingerprint density at radius 1 is 1.69 bits per heavy atom. The molecule has 0 spiro atoms. The van der Waals surface area contributed by atoms with Crippen LogP contribution < -0.4 is 0 Å². The lowest BCUT2D eigenvalue weighted by molar-refractivity contribution is -0.125. The molecule has 0 aromatic rings. The number of imide groups is 1. The van der Waals surface area contributed by atoms with E-state index in [9.17, 15) is 9.59 Å². The van der Waals surface area contributed by atoms with Crippen molar-refractivity contribution in [1.29, 1.82) is 0 Å². The molecule has 0 aromatic carbocycles. The van der Waals surface area contributed by atoms with E-state index in [0.29, 0.717) is 5.57 Å². The monoisotopic (exact) mass is 183 g/mol. The van der Waals surface area contributed by atoms with E-state index in [4.69, 9.17) is 4.74 Å². The van der Waals surface area contributed by atoms with Crippen molar-refractivity contribution in [2.75, 3.05) is 6.61 Å². The summed E-state index contributed by atoms with van der Waals surface area (Å²) in [4.78, 5) is 23.8. The lowest BCUT2D eigenvalue weighted by Gasteiger charge is -2.18. The van der Waals surface area contributed by atoms with Crippen LogP contribution in [0.5, 0.6) is 0 Å². The molecule has 72 valence electrons. The molecule has 1 heterocycles. The summed E-state index contributed by atoms with van der Waals surface area (Å²) in [6, 6.07) is -0.188. The highest BCUT2D eigenvalue weighted by Crippen LogP contribution is 2.17. The second kappa shape index (κ2) is 3.60. The van der Waals surface area contributed by atoms with Gasteiger partial charge in [0.1, 0.15) is 0 Å². The molecule has 0 saturated carbocycles. The highest BCUT2D eigenvalue weighted by atomic mass is 16.6. The van der Waals surface area contributed by atoms with Crippen LogP contribution in [0.2, 0.25) is 0 Å². The van der Waals surface area contributed by atoms with Crippen LogP contribution in [0.1, 0.15) is 20.8 Å². The SMILES string of the molecule is CCOC(=O)N1C(=O)C(C)=CC1C. The molecule has 0 saturated heterocycles. The first kappa shape index (κ1) is 9.77. The first-order chi connectivity index (χ1) is 6.07. The fraction of sp³-hybridized carbons (Fsp3) is 0.556. The van der Waals surface area contributed by atoms with Crippen molar-refractivity contribution in [3.63, 3.8) is 0 Å². The zero-order valence-electron chi connectivity index (χ0n) is 8.03. The van der Waals surface area contributed by atoms with Gasteiger partial charge in [-0.15, -0.1) is 0 Å². The number of carbonyl (C=O) groups excluding carboxylic acids is 2. The fourth-order valence-electron chi connectivity index (χ4n) is 1.32. The van der Waals surface area contributed by atoms with Crippen LogP contribution in [0.3, 0.4) is 0 Å². The fourth-order valence-corrected chi connectivity index (χ4v) is 1.32. The Morgan fingerprint density at radius 2 is 2.31 bits per heavy atom. The van der Waals surface area contributed by atoms with E-state index in [-0.39, 0.29) is 18.6 Å². The van der Waals surface area contributed by atoms with Crippen LogP contribution in [-0.4, -0.2) is 29.5 Å². The van der Waals surface area contributed by atoms with Gasteiger partial charge in [-0.3, -0.25) is 4.79 Å². The average molecular weight is 183 g/mol. The summed E-state index contributed by atoms with van der Waals surface area (Å²) in [6.07, 6.45) is 1.19. The van der Waals surface area contributed by atoms with Gasteiger partial charge in [-0.1, -0.05) is 6.08 Å². The molecule has 1 atom stereocenters. The van der Waals surface area contributed by atoms with E-state index >= 15 is 0 Å². The topological polar surface area (TPSA) is 46.6 Å². The Balaban J connectivity index is 2.73. The minimum absolute atomic E-state index is 0.188. The third-order valence-corrected chi connectivity index (χ3v) is 1.92. The number of hydrogen-bond donors (Lipinski definition) is 0. The van der Waals surface area contributed by atoms with E-state index in [2.05, 4.69) is 0 Å². The predicted octanol–water partition coefficient (Wildman–Crippen LogP) is 1.32. The number of amides is 2. The number of nitrogens with zero attached hydrogens (tertiary/aromatic N) is 1. The highest BCUT2D eigenvalue weighted by Gasteiger charge is 2.33. The lowest BCUT2D eigenvalue weighted by Crippen LogP contribution is -2.38. The number of hydrogen-bond acceptors (Lipinski definition) is 3.